The van der Waals surface area contributed by atoms with Crippen molar-refractivity contribution >= 4 is 11.8 Å². The molecule has 0 radical (unpaired) electrons. The van der Waals surface area contributed by atoms with E-state index in [9.17, 15) is 9.59 Å². The zero-order valence-electron chi connectivity index (χ0n) is 15.0. The topological polar surface area (TPSA) is 49.9 Å². The van der Waals surface area contributed by atoms with Crippen LogP contribution in [-0.2, 0) is 20.9 Å². The Morgan fingerprint density at radius 3 is 2.28 bits per heavy atom. The molecule has 1 heterocycles. The molecule has 1 aromatic carbocycles. The molecule has 1 aliphatic heterocycles. The molecule has 3 rings (SSSR count). The van der Waals surface area contributed by atoms with Crippen LogP contribution >= 0.6 is 0 Å². The van der Waals surface area contributed by atoms with E-state index in [2.05, 4.69) is 0 Å². The number of benzene rings is 1. The van der Waals surface area contributed by atoms with Crippen molar-refractivity contribution in [2.75, 3.05) is 33.4 Å². The van der Waals surface area contributed by atoms with Crippen LogP contribution in [0.4, 0.5) is 0 Å². The second kappa shape index (κ2) is 8.48. The molecule has 2 aliphatic rings. The summed E-state index contributed by atoms with van der Waals surface area (Å²) in [6.45, 7) is 3.34. The molecule has 1 aromatic rings. The zero-order valence-corrected chi connectivity index (χ0v) is 15.0. The largest absolute Gasteiger partial charge is 0.378 e. The maximum absolute atomic E-state index is 12.7. The highest BCUT2D eigenvalue weighted by atomic mass is 16.5. The van der Waals surface area contributed by atoms with E-state index in [1.807, 2.05) is 47.2 Å². The smallest absolute Gasteiger partial charge is 0.225 e. The third-order valence-corrected chi connectivity index (χ3v) is 5.39. The molecule has 1 saturated carbocycles. The molecule has 0 N–H and O–H groups in total. The summed E-state index contributed by atoms with van der Waals surface area (Å²) in [6, 6.07) is 10.1. The first-order valence-electron chi connectivity index (χ1n) is 9.30. The van der Waals surface area contributed by atoms with E-state index < -0.39 is 0 Å². The molecule has 5 nitrogen and oxygen atoms in total. The fraction of sp³-hybridized carbons (Fsp3) is 0.600. The number of hydrogen-bond acceptors (Lipinski definition) is 3. The average Bonchev–Trinajstić information content (AvgIpc) is 2.68. The third kappa shape index (κ3) is 4.60. The number of nitrogens with zero attached hydrogens (tertiary/aromatic N) is 2. The van der Waals surface area contributed by atoms with E-state index in [1.165, 1.54) is 0 Å². The summed E-state index contributed by atoms with van der Waals surface area (Å²) in [5, 5.41) is 0. The van der Waals surface area contributed by atoms with Gasteiger partial charge in [-0.05, 0) is 31.2 Å². The predicted molar refractivity (Wildman–Crippen MR) is 95.8 cm³/mol. The van der Waals surface area contributed by atoms with Gasteiger partial charge in [0.2, 0.25) is 11.8 Å². The van der Waals surface area contributed by atoms with Crippen molar-refractivity contribution in [1.82, 2.24) is 9.80 Å². The minimum absolute atomic E-state index is 0.0578. The summed E-state index contributed by atoms with van der Waals surface area (Å²) in [7, 11) is 1.88. The van der Waals surface area contributed by atoms with Gasteiger partial charge in [-0.1, -0.05) is 30.3 Å². The number of rotatable bonds is 4. The second-order valence-corrected chi connectivity index (χ2v) is 7.17. The van der Waals surface area contributed by atoms with Crippen molar-refractivity contribution in [1.29, 1.82) is 0 Å². The molecule has 2 amide bonds. The normalized spacial score (nSPS) is 24.0. The Morgan fingerprint density at radius 2 is 1.64 bits per heavy atom. The Kier molecular flexibility index (Phi) is 6.08. The van der Waals surface area contributed by atoms with Crippen LogP contribution in [0.3, 0.4) is 0 Å². The lowest BCUT2D eigenvalue weighted by Gasteiger charge is -2.34. The first-order valence-corrected chi connectivity index (χ1v) is 9.30. The number of hydrogen-bond donors (Lipinski definition) is 0. The Balaban J connectivity index is 1.47. The molecule has 2 fully saturated rings. The van der Waals surface area contributed by atoms with Crippen molar-refractivity contribution in [2.24, 2.45) is 11.8 Å². The maximum Gasteiger partial charge on any atom is 0.225 e. The van der Waals surface area contributed by atoms with Crippen LogP contribution in [0, 0.1) is 11.8 Å². The van der Waals surface area contributed by atoms with Crippen LogP contribution < -0.4 is 0 Å². The van der Waals surface area contributed by atoms with Gasteiger partial charge < -0.3 is 14.5 Å². The van der Waals surface area contributed by atoms with E-state index >= 15 is 0 Å². The average molecular weight is 344 g/mol. The predicted octanol–water partition coefficient (Wildman–Crippen LogP) is 2.31. The molecule has 0 aromatic heterocycles. The van der Waals surface area contributed by atoms with Gasteiger partial charge in [0.05, 0.1) is 13.2 Å². The first kappa shape index (κ1) is 17.9. The molecule has 1 saturated heterocycles. The molecule has 0 spiro atoms. The van der Waals surface area contributed by atoms with E-state index in [0.717, 1.165) is 31.2 Å². The lowest BCUT2D eigenvalue weighted by molar-refractivity contribution is -0.143. The van der Waals surface area contributed by atoms with Gasteiger partial charge in [0.15, 0.2) is 0 Å². The Morgan fingerprint density at radius 1 is 1.04 bits per heavy atom. The van der Waals surface area contributed by atoms with Gasteiger partial charge in [-0.25, -0.2) is 0 Å². The van der Waals surface area contributed by atoms with Crippen molar-refractivity contribution in [3.05, 3.63) is 35.9 Å². The van der Waals surface area contributed by atoms with Gasteiger partial charge in [0.1, 0.15) is 0 Å². The highest BCUT2D eigenvalue weighted by molar-refractivity contribution is 5.81. The summed E-state index contributed by atoms with van der Waals surface area (Å²) < 4.78 is 5.32. The van der Waals surface area contributed by atoms with E-state index in [4.69, 9.17) is 4.74 Å². The van der Waals surface area contributed by atoms with Crippen molar-refractivity contribution < 1.29 is 14.3 Å². The van der Waals surface area contributed by atoms with Crippen LogP contribution in [0.15, 0.2) is 30.3 Å². The zero-order chi connectivity index (χ0) is 17.6. The fourth-order valence-electron chi connectivity index (χ4n) is 3.88. The lowest BCUT2D eigenvalue weighted by atomic mass is 9.80. The van der Waals surface area contributed by atoms with Crippen LogP contribution in [0.5, 0.6) is 0 Å². The summed E-state index contributed by atoms with van der Waals surface area (Å²) in [4.78, 5) is 29.0. The molecule has 1 aliphatic carbocycles. The molecule has 136 valence electrons. The van der Waals surface area contributed by atoms with E-state index in [-0.39, 0.29) is 23.7 Å². The van der Waals surface area contributed by atoms with E-state index in [0.29, 0.717) is 32.8 Å². The van der Waals surface area contributed by atoms with Gasteiger partial charge in [-0.15, -0.1) is 0 Å². The molecule has 0 bridgehead atoms. The quantitative estimate of drug-likeness (QED) is 0.842. The summed E-state index contributed by atoms with van der Waals surface area (Å²) in [6.07, 6.45) is 3.29. The molecule has 0 unspecified atom stereocenters. The SMILES string of the molecule is CN(Cc1ccccc1)C(=O)C1CCC(C(=O)N2CCOCC2)CC1. The van der Waals surface area contributed by atoms with Crippen LogP contribution in [0.25, 0.3) is 0 Å². The highest BCUT2D eigenvalue weighted by Gasteiger charge is 2.33. The Labute approximate surface area is 149 Å². The van der Waals surface area contributed by atoms with Gasteiger partial charge in [0, 0.05) is 38.5 Å². The Bertz CT molecular complexity index is 576. The standard InChI is InChI=1S/C20H28N2O3/c1-21(15-16-5-3-2-4-6-16)19(23)17-7-9-18(10-8-17)20(24)22-11-13-25-14-12-22/h2-6,17-18H,7-15H2,1H3. The van der Waals surface area contributed by atoms with Gasteiger partial charge in [0.25, 0.3) is 0 Å². The van der Waals surface area contributed by atoms with Gasteiger partial charge in [-0.3, -0.25) is 9.59 Å². The monoisotopic (exact) mass is 344 g/mol. The third-order valence-electron chi connectivity index (χ3n) is 5.39. The second-order valence-electron chi connectivity index (χ2n) is 7.17. The van der Waals surface area contributed by atoms with Crippen molar-refractivity contribution in [3.63, 3.8) is 0 Å². The Hall–Kier alpha value is -1.88. The van der Waals surface area contributed by atoms with Crippen molar-refractivity contribution in [3.8, 4) is 0 Å². The molecule has 5 heteroatoms. The number of amides is 2. The molecular weight excluding hydrogens is 316 g/mol. The van der Waals surface area contributed by atoms with Gasteiger partial charge in [-0.2, -0.15) is 0 Å². The van der Waals surface area contributed by atoms with Crippen molar-refractivity contribution in [2.45, 2.75) is 32.2 Å². The van der Waals surface area contributed by atoms with Crippen LogP contribution in [0.2, 0.25) is 0 Å². The summed E-state index contributed by atoms with van der Waals surface area (Å²) in [5.41, 5.74) is 1.15. The number of carbonyl (C=O) groups excluding carboxylic acids is 2. The maximum atomic E-state index is 12.7. The molecule has 25 heavy (non-hydrogen) atoms. The lowest BCUT2D eigenvalue weighted by Crippen LogP contribution is -2.45. The summed E-state index contributed by atoms with van der Waals surface area (Å²) in [5.74, 6) is 0.608. The number of carbonyl (C=O) groups is 2. The number of ether oxygens (including phenoxy) is 1. The van der Waals surface area contributed by atoms with E-state index in [1.54, 1.807) is 0 Å². The molecular formula is C20H28N2O3. The minimum atomic E-state index is 0.0578. The van der Waals surface area contributed by atoms with Gasteiger partial charge >= 0.3 is 0 Å². The number of morpholine rings is 1. The van der Waals surface area contributed by atoms with Crippen LogP contribution in [-0.4, -0.2) is 55.0 Å². The fourth-order valence-corrected chi connectivity index (χ4v) is 3.88. The molecule has 0 atom stereocenters. The highest BCUT2D eigenvalue weighted by Crippen LogP contribution is 2.31. The van der Waals surface area contributed by atoms with Crippen LogP contribution in [0.1, 0.15) is 31.2 Å². The minimum Gasteiger partial charge on any atom is -0.378 e. The summed E-state index contributed by atoms with van der Waals surface area (Å²) >= 11 is 0. The first-order chi connectivity index (χ1) is 12.1.